The maximum Gasteiger partial charge on any atom is 0.148 e. The van der Waals surface area contributed by atoms with Crippen molar-refractivity contribution < 1.29 is 8.42 Å². The van der Waals surface area contributed by atoms with E-state index < -0.39 is 9.84 Å². The van der Waals surface area contributed by atoms with E-state index in [1.54, 1.807) is 0 Å². The highest BCUT2D eigenvalue weighted by Crippen LogP contribution is 2.34. The third-order valence-corrected chi connectivity index (χ3v) is 5.04. The minimum absolute atomic E-state index is 0.128. The zero-order valence-corrected chi connectivity index (χ0v) is 11.8. The van der Waals surface area contributed by atoms with Crippen molar-refractivity contribution >= 4 is 9.84 Å². The maximum absolute atomic E-state index is 11.4. The van der Waals surface area contributed by atoms with E-state index in [9.17, 15) is 8.42 Å². The van der Waals surface area contributed by atoms with Crippen LogP contribution < -0.4 is 5.32 Å². The van der Waals surface area contributed by atoms with E-state index in [1.807, 2.05) is 6.92 Å². The van der Waals surface area contributed by atoms with Crippen LogP contribution in [0.2, 0.25) is 0 Å². The van der Waals surface area contributed by atoms with Gasteiger partial charge in [-0.1, -0.05) is 0 Å². The number of hydrogen-bond acceptors (Lipinski definition) is 4. The number of hydrogen-bond donors (Lipinski definition) is 1. The molecule has 100 valence electrons. The van der Waals surface area contributed by atoms with Crippen molar-refractivity contribution in [1.29, 1.82) is 0 Å². The summed E-state index contributed by atoms with van der Waals surface area (Å²) in [6, 6.07) is 1.14. The van der Waals surface area contributed by atoms with Crippen LogP contribution in [-0.4, -0.2) is 56.5 Å². The van der Waals surface area contributed by atoms with E-state index in [-0.39, 0.29) is 11.8 Å². The molecule has 3 unspecified atom stereocenters. The fraction of sp³-hybridized carbons (Fsp3) is 1.00. The predicted octanol–water partition coefficient (Wildman–Crippen LogP) is 0.492. The predicted molar refractivity (Wildman–Crippen MR) is 69.9 cm³/mol. The number of piperazine rings is 1. The number of nitrogens with zero attached hydrogens (tertiary/aromatic N) is 1. The monoisotopic (exact) mass is 260 g/mol. The maximum atomic E-state index is 11.4. The van der Waals surface area contributed by atoms with Gasteiger partial charge in [-0.15, -0.1) is 0 Å². The average Bonchev–Trinajstić information content (AvgIpc) is 2.99. The summed E-state index contributed by atoms with van der Waals surface area (Å²) in [4.78, 5) is 2.36. The van der Waals surface area contributed by atoms with Gasteiger partial charge in [0.05, 0.1) is 5.75 Å². The molecular weight excluding hydrogens is 236 g/mol. The summed E-state index contributed by atoms with van der Waals surface area (Å²) >= 11 is 0. The number of sulfone groups is 1. The van der Waals surface area contributed by atoms with E-state index >= 15 is 0 Å². The van der Waals surface area contributed by atoms with Crippen molar-refractivity contribution in [3.8, 4) is 0 Å². The lowest BCUT2D eigenvalue weighted by molar-refractivity contribution is 0.102. The van der Waals surface area contributed by atoms with Gasteiger partial charge in [0.1, 0.15) is 9.84 Å². The fourth-order valence-electron chi connectivity index (χ4n) is 2.87. The second-order valence-corrected chi connectivity index (χ2v) is 8.02. The Morgan fingerprint density at radius 2 is 2.06 bits per heavy atom. The van der Waals surface area contributed by atoms with Gasteiger partial charge in [0.2, 0.25) is 0 Å². The first-order chi connectivity index (χ1) is 7.87. The van der Waals surface area contributed by atoms with Gasteiger partial charge in [-0.05, 0) is 32.6 Å². The normalized spacial score (nSPS) is 33.6. The number of nitrogens with one attached hydrogen (secondary N) is 1. The van der Waals surface area contributed by atoms with Crippen molar-refractivity contribution in [2.45, 2.75) is 44.8 Å². The first-order valence-electron chi connectivity index (χ1n) is 6.53. The Morgan fingerprint density at radius 3 is 2.59 bits per heavy atom. The Balaban J connectivity index is 1.96. The molecule has 0 amide bonds. The van der Waals surface area contributed by atoms with Crippen molar-refractivity contribution in [3.63, 3.8) is 0 Å². The van der Waals surface area contributed by atoms with Crippen LogP contribution in [-0.2, 0) is 9.84 Å². The fourth-order valence-corrected chi connectivity index (χ4v) is 3.94. The summed E-state index contributed by atoms with van der Waals surface area (Å²) in [6.07, 6.45) is 4.00. The van der Waals surface area contributed by atoms with Crippen LogP contribution in [0, 0.1) is 5.92 Å². The van der Waals surface area contributed by atoms with Crippen molar-refractivity contribution in [2.75, 3.05) is 25.1 Å². The third-order valence-electron chi connectivity index (χ3n) is 3.95. The molecule has 4 nitrogen and oxygen atoms in total. The molecule has 0 aromatic heterocycles. The van der Waals surface area contributed by atoms with E-state index in [4.69, 9.17) is 0 Å². The second-order valence-electron chi connectivity index (χ2n) is 5.84. The number of rotatable bonds is 4. The van der Waals surface area contributed by atoms with Gasteiger partial charge in [0, 0.05) is 37.5 Å². The Hall–Kier alpha value is -0.130. The zero-order chi connectivity index (χ0) is 12.6. The van der Waals surface area contributed by atoms with Crippen LogP contribution in [0.1, 0.15) is 26.7 Å². The lowest BCUT2D eigenvalue weighted by Gasteiger charge is -2.42. The lowest BCUT2D eigenvalue weighted by Crippen LogP contribution is -2.59. The molecule has 0 bridgehead atoms. The first-order valence-corrected chi connectivity index (χ1v) is 8.59. The molecule has 2 aliphatic rings. The molecule has 0 aromatic rings. The molecule has 1 saturated heterocycles. The van der Waals surface area contributed by atoms with Crippen molar-refractivity contribution in [1.82, 2.24) is 10.2 Å². The SMILES string of the molecule is CC1CNC(C2CC2)CN1C(C)CS(C)(=O)=O. The summed E-state index contributed by atoms with van der Waals surface area (Å²) in [5, 5.41) is 3.59. The molecule has 3 atom stereocenters. The highest BCUT2D eigenvalue weighted by molar-refractivity contribution is 7.90. The highest BCUT2D eigenvalue weighted by Gasteiger charge is 2.37. The lowest BCUT2D eigenvalue weighted by atomic mass is 10.0. The molecule has 0 aromatic carbocycles. The molecule has 0 radical (unpaired) electrons. The first kappa shape index (κ1) is 13.3. The summed E-state index contributed by atoms with van der Waals surface area (Å²) in [7, 11) is -2.88. The molecule has 1 aliphatic carbocycles. The van der Waals surface area contributed by atoms with Crippen LogP contribution in [0.15, 0.2) is 0 Å². The third kappa shape index (κ3) is 3.66. The Morgan fingerprint density at radius 1 is 1.41 bits per heavy atom. The van der Waals surface area contributed by atoms with Gasteiger partial charge in [0.15, 0.2) is 0 Å². The summed E-state index contributed by atoms with van der Waals surface area (Å²) in [5.74, 6) is 1.10. The largest absolute Gasteiger partial charge is 0.311 e. The molecule has 0 spiro atoms. The Kier molecular flexibility index (Phi) is 3.80. The summed E-state index contributed by atoms with van der Waals surface area (Å²) in [5.41, 5.74) is 0. The van der Waals surface area contributed by atoms with Crippen molar-refractivity contribution in [2.24, 2.45) is 5.92 Å². The van der Waals surface area contributed by atoms with Crippen LogP contribution in [0.3, 0.4) is 0 Å². The minimum Gasteiger partial charge on any atom is -0.311 e. The van der Waals surface area contributed by atoms with Crippen LogP contribution >= 0.6 is 0 Å². The van der Waals surface area contributed by atoms with Crippen LogP contribution in [0.5, 0.6) is 0 Å². The topological polar surface area (TPSA) is 49.4 Å². The van der Waals surface area contributed by atoms with Gasteiger partial charge in [-0.2, -0.15) is 0 Å². The minimum atomic E-state index is -2.88. The van der Waals surface area contributed by atoms with Gasteiger partial charge in [-0.3, -0.25) is 4.90 Å². The Labute approximate surface area is 105 Å². The van der Waals surface area contributed by atoms with E-state index in [0.717, 1.165) is 19.0 Å². The van der Waals surface area contributed by atoms with E-state index in [0.29, 0.717) is 12.1 Å². The van der Waals surface area contributed by atoms with Crippen molar-refractivity contribution in [3.05, 3.63) is 0 Å². The van der Waals surface area contributed by atoms with E-state index in [2.05, 4.69) is 17.1 Å². The smallest absolute Gasteiger partial charge is 0.148 e. The molecule has 1 aliphatic heterocycles. The van der Waals surface area contributed by atoms with Gasteiger partial charge < -0.3 is 5.32 Å². The quantitative estimate of drug-likeness (QED) is 0.799. The van der Waals surface area contributed by atoms with Gasteiger partial charge in [-0.25, -0.2) is 8.42 Å². The summed E-state index contributed by atoms with van der Waals surface area (Å²) < 4.78 is 22.8. The molecule has 17 heavy (non-hydrogen) atoms. The second kappa shape index (κ2) is 4.86. The molecule has 2 rings (SSSR count). The highest BCUT2D eigenvalue weighted by atomic mass is 32.2. The van der Waals surface area contributed by atoms with Gasteiger partial charge in [0.25, 0.3) is 0 Å². The molecule has 1 N–H and O–H groups in total. The Bertz CT molecular complexity index is 365. The van der Waals surface area contributed by atoms with Crippen LogP contribution in [0.25, 0.3) is 0 Å². The average molecular weight is 260 g/mol. The zero-order valence-electron chi connectivity index (χ0n) is 11.0. The summed E-state index contributed by atoms with van der Waals surface area (Å²) in [6.45, 7) is 6.19. The van der Waals surface area contributed by atoms with Gasteiger partial charge >= 0.3 is 0 Å². The standard InChI is InChI=1S/C12H24N2O2S/c1-9-6-13-12(11-4-5-11)7-14(9)10(2)8-17(3,15)16/h9-13H,4-8H2,1-3H3. The van der Waals surface area contributed by atoms with E-state index in [1.165, 1.54) is 19.1 Å². The molecule has 1 heterocycles. The molecule has 5 heteroatoms. The molecule has 2 fully saturated rings. The molecule has 1 saturated carbocycles. The van der Waals surface area contributed by atoms with Crippen LogP contribution in [0.4, 0.5) is 0 Å². The molecular formula is C12H24N2O2S.